The zero-order valence-corrected chi connectivity index (χ0v) is 17.6. The lowest BCUT2D eigenvalue weighted by Gasteiger charge is -2.17. The van der Waals surface area contributed by atoms with E-state index in [1.54, 1.807) is 29.8 Å². The summed E-state index contributed by atoms with van der Waals surface area (Å²) in [5.74, 6) is -0.550. The first-order valence-corrected chi connectivity index (χ1v) is 11.1. The van der Waals surface area contributed by atoms with Crippen LogP contribution in [-0.4, -0.2) is 20.7 Å². The van der Waals surface area contributed by atoms with Gasteiger partial charge in [-0.15, -0.1) is 21.5 Å². The molecule has 0 fully saturated rings. The fraction of sp³-hybridized carbons (Fsp3) is 0.136. The number of halogens is 1. The molecule has 2 heterocycles. The van der Waals surface area contributed by atoms with Crippen LogP contribution in [-0.2, 0) is 17.8 Å². The predicted molar refractivity (Wildman–Crippen MR) is 118 cm³/mol. The minimum absolute atomic E-state index is 0.203. The summed E-state index contributed by atoms with van der Waals surface area (Å²) in [6.45, 7) is 0.733. The van der Waals surface area contributed by atoms with Gasteiger partial charge in [-0.05, 0) is 47.7 Å². The lowest BCUT2D eigenvalue weighted by atomic mass is 10.1. The van der Waals surface area contributed by atoms with Crippen LogP contribution in [0.3, 0.4) is 0 Å². The van der Waals surface area contributed by atoms with Crippen LogP contribution < -0.4 is 5.32 Å². The molecule has 1 unspecified atom stereocenters. The standard InChI is InChI=1S/C22H19FN4OS2/c23-17-8-10-18(11-9-17)25-21(28)20(16-5-2-1-3-6-16)30-22-26-24-15-27(22)13-12-19-7-4-14-29-19/h1-11,14-15,20H,12-13H2,(H,25,28). The van der Waals surface area contributed by atoms with Crippen molar-refractivity contribution >= 4 is 34.7 Å². The maximum Gasteiger partial charge on any atom is 0.242 e. The molecule has 0 spiro atoms. The number of nitrogens with zero attached hydrogens (tertiary/aromatic N) is 3. The molecular formula is C22H19FN4OS2. The van der Waals surface area contributed by atoms with E-state index in [4.69, 9.17) is 0 Å². The molecule has 8 heteroatoms. The van der Waals surface area contributed by atoms with Crippen molar-refractivity contribution in [1.29, 1.82) is 0 Å². The molecule has 0 saturated heterocycles. The van der Waals surface area contributed by atoms with Crippen molar-refractivity contribution in [2.24, 2.45) is 0 Å². The Morgan fingerprint density at radius 3 is 2.63 bits per heavy atom. The number of thiophene rings is 1. The highest BCUT2D eigenvalue weighted by atomic mass is 32.2. The van der Waals surface area contributed by atoms with Crippen LogP contribution in [0.25, 0.3) is 0 Å². The van der Waals surface area contributed by atoms with Crippen LogP contribution >= 0.6 is 23.1 Å². The molecule has 4 aromatic rings. The number of anilines is 1. The van der Waals surface area contributed by atoms with E-state index >= 15 is 0 Å². The molecular weight excluding hydrogens is 419 g/mol. The molecule has 30 heavy (non-hydrogen) atoms. The highest BCUT2D eigenvalue weighted by Crippen LogP contribution is 2.35. The topological polar surface area (TPSA) is 59.8 Å². The third-order valence-electron chi connectivity index (χ3n) is 4.43. The van der Waals surface area contributed by atoms with Gasteiger partial charge in [0.1, 0.15) is 17.4 Å². The first kappa shape index (κ1) is 20.3. The van der Waals surface area contributed by atoms with E-state index < -0.39 is 5.25 Å². The molecule has 5 nitrogen and oxygen atoms in total. The number of benzene rings is 2. The van der Waals surface area contributed by atoms with Gasteiger partial charge >= 0.3 is 0 Å². The van der Waals surface area contributed by atoms with Gasteiger partial charge in [0.15, 0.2) is 5.16 Å². The minimum Gasteiger partial charge on any atom is -0.325 e. The van der Waals surface area contributed by atoms with Crippen LogP contribution in [0, 0.1) is 5.82 Å². The lowest BCUT2D eigenvalue weighted by molar-refractivity contribution is -0.115. The Hall–Kier alpha value is -2.97. The first-order valence-electron chi connectivity index (χ1n) is 9.37. The van der Waals surface area contributed by atoms with Crippen LogP contribution in [0.15, 0.2) is 83.6 Å². The normalized spacial score (nSPS) is 11.9. The minimum atomic E-state index is -0.527. The van der Waals surface area contributed by atoms with Gasteiger partial charge in [0.2, 0.25) is 5.91 Å². The first-order chi connectivity index (χ1) is 14.7. The van der Waals surface area contributed by atoms with Gasteiger partial charge in [-0.1, -0.05) is 48.2 Å². The number of aromatic nitrogens is 3. The summed E-state index contributed by atoms with van der Waals surface area (Å²) in [4.78, 5) is 14.4. The van der Waals surface area contributed by atoms with E-state index in [2.05, 4.69) is 27.0 Å². The largest absolute Gasteiger partial charge is 0.325 e. The Morgan fingerprint density at radius 1 is 1.10 bits per heavy atom. The average Bonchev–Trinajstić information content (AvgIpc) is 3.44. The maximum absolute atomic E-state index is 13.2. The van der Waals surface area contributed by atoms with Crippen molar-refractivity contribution < 1.29 is 9.18 Å². The zero-order valence-electron chi connectivity index (χ0n) is 15.9. The second kappa shape index (κ2) is 9.69. The molecule has 1 amide bonds. The Labute approximate surface area is 182 Å². The van der Waals surface area contributed by atoms with Gasteiger partial charge in [0, 0.05) is 17.1 Å². The van der Waals surface area contributed by atoms with Crippen molar-refractivity contribution in [3.8, 4) is 0 Å². The van der Waals surface area contributed by atoms with Gasteiger partial charge in [-0.3, -0.25) is 4.79 Å². The van der Waals surface area contributed by atoms with Crippen LogP contribution in [0.4, 0.5) is 10.1 Å². The van der Waals surface area contributed by atoms with Crippen molar-refractivity contribution in [2.75, 3.05) is 5.32 Å². The monoisotopic (exact) mass is 438 g/mol. The SMILES string of the molecule is O=C(Nc1ccc(F)cc1)C(Sc1nncn1CCc1cccs1)c1ccccc1. The Balaban J connectivity index is 1.53. The number of amides is 1. The molecule has 0 bridgehead atoms. The van der Waals surface area contributed by atoms with Gasteiger partial charge in [0.05, 0.1) is 0 Å². The Bertz CT molecular complexity index is 1080. The quantitative estimate of drug-likeness (QED) is 0.385. The van der Waals surface area contributed by atoms with Crippen molar-refractivity contribution in [2.45, 2.75) is 23.4 Å². The van der Waals surface area contributed by atoms with Crippen molar-refractivity contribution in [1.82, 2.24) is 14.8 Å². The fourth-order valence-electron chi connectivity index (χ4n) is 2.92. The summed E-state index contributed by atoms with van der Waals surface area (Å²) >= 11 is 3.07. The van der Waals surface area contributed by atoms with Gasteiger partial charge < -0.3 is 9.88 Å². The number of thioether (sulfide) groups is 1. The second-order valence-corrected chi connectivity index (χ2v) is 8.65. The number of hydrogen-bond donors (Lipinski definition) is 1. The number of rotatable bonds is 8. The highest BCUT2D eigenvalue weighted by Gasteiger charge is 2.24. The third-order valence-corrected chi connectivity index (χ3v) is 6.62. The van der Waals surface area contributed by atoms with E-state index in [0.717, 1.165) is 18.5 Å². The fourth-order valence-corrected chi connectivity index (χ4v) is 4.66. The third kappa shape index (κ3) is 5.14. The van der Waals surface area contributed by atoms with E-state index in [1.807, 2.05) is 41.0 Å². The average molecular weight is 439 g/mol. The van der Waals surface area contributed by atoms with E-state index in [0.29, 0.717) is 10.8 Å². The summed E-state index contributed by atoms with van der Waals surface area (Å²) in [5, 5.41) is 13.4. The summed E-state index contributed by atoms with van der Waals surface area (Å²) in [7, 11) is 0. The summed E-state index contributed by atoms with van der Waals surface area (Å²) in [6, 6.07) is 19.4. The molecule has 0 aliphatic rings. The van der Waals surface area contributed by atoms with Crippen LogP contribution in [0.2, 0.25) is 0 Å². The Morgan fingerprint density at radius 2 is 1.90 bits per heavy atom. The summed E-state index contributed by atoms with van der Waals surface area (Å²) in [6.07, 6.45) is 2.57. The number of carbonyl (C=O) groups excluding carboxylic acids is 1. The van der Waals surface area contributed by atoms with E-state index in [1.165, 1.54) is 28.8 Å². The van der Waals surface area contributed by atoms with Gasteiger partial charge in [0.25, 0.3) is 0 Å². The number of hydrogen-bond acceptors (Lipinski definition) is 5. The summed E-state index contributed by atoms with van der Waals surface area (Å²) < 4.78 is 15.1. The van der Waals surface area contributed by atoms with E-state index in [9.17, 15) is 9.18 Å². The zero-order chi connectivity index (χ0) is 20.8. The smallest absolute Gasteiger partial charge is 0.242 e. The number of carbonyl (C=O) groups is 1. The van der Waals surface area contributed by atoms with Crippen molar-refractivity contribution in [3.63, 3.8) is 0 Å². The molecule has 4 rings (SSSR count). The number of nitrogens with one attached hydrogen (secondary N) is 1. The van der Waals surface area contributed by atoms with Gasteiger partial charge in [-0.2, -0.15) is 0 Å². The molecule has 0 radical (unpaired) electrons. The lowest BCUT2D eigenvalue weighted by Crippen LogP contribution is -2.19. The molecule has 1 atom stereocenters. The van der Waals surface area contributed by atoms with Crippen LogP contribution in [0.5, 0.6) is 0 Å². The summed E-state index contributed by atoms with van der Waals surface area (Å²) in [5.41, 5.74) is 1.40. The predicted octanol–water partition coefficient (Wildman–Crippen LogP) is 5.19. The second-order valence-electron chi connectivity index (χ2n) is 6.54. The Kier molecular flexibility index (Phi) is 6.56. The van der Waals surface area contributed by atoms with E-state index in [-0.39, 0.29) is 11.7 Å². The molecule has 152 valence electrons. The molecule has 0 aliphatic heterocycles. The van der Waals surface area contributed by atoms with Crippen LogP contribution in [0.1, 0.15) is 15.7 Å². The number of aryl methyl sites for hydroxylation is 2. The molecule has 0 aliphatic carbocycles. The molecule has 2 aromatic heterocycles. The van der Waals surface area contributed by atoms with Gasteiger partial charge in [-0.25, -0.2) is 4.39 Å². The molecule has 1 N–H and O–H groups in total. The van der Waals surface area contributed by atoms with Crippen molar-refractivity contribution in [3.05, 3.63) is 94.7 Å². The molecule has 2 aromatic carbocycles. The molecule has 0 saturated carbocycles. The maximum atomic E-state index is 13.2. The highest BCUT2D eigenvalue weighted by molar-refractivity contribution is 8.00.